The molecule has 0 amide bonds. The predicted molar refractivity (Wildman–Crippen MR) is 153 cm³/mol. The molecule has 4 heteroatoms. The predicted octanol–water partition coefficient (Wildman–Crippen LogP) is 7.59. The van der Waals surface area contributed by atoms with E-state index in [2.05, 4.69) is 49.9 Å². The molecule has 1 aliphatic carbocycles. The lowest BCUT2D eigenvalue weighted by atomic mass is 9.83. The van der Waals surface area contributed by atoms with Gasteiger partial charge in [0.2, 0.25) is 0 Å². The molecule has 0 radical (unpaired) electrons. The minimum atomic E-state index is -0.390. The lowest BCUT2D eigenvalue weighted by molar-refractivity contribution is -0.140. The van der Waals surface area contributed by atoms with Crippen LogP contribution in [-0.2, 0) is 27.1 Å². The number of hydrogen-bond donors (Lipinski definition) is 1. The molecule has 1 unspecified atom stereocenters. The van der Waals surface area contributed by atoms with Gasteiger partial charge in [-0.1, -0.05) is 62.7 Å². The number of unbranched alkanes of at least 4 members (excludes halogenated alkanes) is 2. The zero-order valence-corrected chi connectivity index (χ0v) is 23.2. The van der Waals surface area contributed by atoms with E-state index in [0.717, 1.165) is 38.0 Å². The van der Waals surface area contributed by atoms with E-state index < -0.39 is 0 Å². The van der Waals surface area contributed by atoms with Crippen LogP contribution in [0.3, 0.4) is 0 Å². The summed E-state index contributed by atoms with van der Waals surface area (Å²) in [5.74, 6) is 0.364. The Morgan fingerprint density at radius 2 is 1.68 bits per heavy atom. The Labute approximate surface area is 224 Å². The van der Waals surface area contributed by atoms with Crippen LogP contribution >= 0.6 is 0 Å². The number of carbonyl (C=O) groups excluding carboxylic acids is 1. The Bertz CT molecular complexity index is 973. The Kier molecular flexibility index (Phi) is 12.7. The van der Waals surface area contributed by atoms with Crippen LogP contribution < -0.4 is 0 Å². The van der Waals surface area contributed by atoms with Crippen LogP contribution in [0.15, 0.2) is 48.6 Å². The highest BCUT2D eigenvalue weighted by atomic mass is 16.5. The summed E-state index contributed by atoms with van der Waals surface area (Å²) in [6, 6.07) is 14.0. The molecule has 0 spiro atoms. The van der Waals surface area contributed by atoms with Crippen molar-refractivity contribution in [2.45, 2.75) is 97.0 Å². The van der Waals surface area contributed by atoms with Crippen LogP contribution in [0.1, 0.15) is 89.2 Å². The Morgan fingerprint density at radius 3 is 2.30 bits per heavy atom. The van der Waals surface area contributed by atoms with Gasteiger partial charge in [-0.3, -0.25) is 0 Å². The zero-order valence-electron chi connectivity index (χ0n) is 23.2. The zero-order chi connectivity index (χ0) is 26.5. The fraction of sp³-hybridized carbons (Fsp3) is 0.606. The average molecular weight is 509 g/mol. The third kappa shape index (κ3) is 10.2. The van der Waals surface area contributed by atoms with Crippen molar-refractivity contribution in [3.05, 3.63) is 59.7 Å². The molecule has 0 saturated heterocycles. The van der Waals surface area contributed by atoms with Crippen molar-refractivity contribution < 1.29 is 19.4 Å². The SMILES string of the molecule is C=C(C)C(=O)OCC(CO)CCCOC1CCC(CCc2ccc3cc(CCCCC)ccc3c2)CC1. The number of aryl methyl sites for hydroxylation is 2. The summed E-state index contributed by atoms with van der Waals surface area (Å²) in [7, 11) is 0. The summed E-state index contributed by atoms with van der Waals surface area (Å²) >= 11 is 0. The molecule has 37 heavy (non-hydrogen) atoms. The summed E-state index contributed by atoms with van der Waals surface area (Å²) in [4.78, 5) is 11.5. The van der Waals surface area contributed by atoms with Gasteiger partial charge in [-0.2, -0.15) is 0 Å². The molecule has 204 valence electrons. The largest absolute Gasteiger partial charge is 0.462 e. The van der Waals surface area contributed by atoms with Crippen LogP contribution in [0.5, 0.6) is 0 Å². The Hall–Kier alpha value is -2.17. The number of aliphatic hydroxyl groups excluding tert-OH is 1. The summed E-state index contributed by atoms with van der Waals surface area (Å²) in [5, 5.41) is 12.3. The van der Waals surface area contributed by atoms with E-state index in [9.17, 15) is 9.90 Å². The van der Waals surface area contributed by atoms with Gasteiger partial charge in [0.1, 0.15) is 0 Å². The van der Waals surface area contributed by atoms with Crippen molar-refractivity contribution in [3.8, 4) is 0 Å². The molecule has 1 fully saturated rings. The van der Waals surface area contributed by atoms with Crippen molar-refractivity contribution in [1.29, 1.82) is 0 Å². The summed E-state index contributed by atoms with van der Waals surface area (Å²) in [6.07, 6.45) is 14.3. The van der Waals surface area contributed by atoms with E-state index in [0.29, 0.717) is 18.3 Å². The highest BCUT2D eigenvalue weighted by molar-refractivity contribution is 5.87. The van der Waals surface area contributed by atoms with Gasteiger partial charge in [-0.15, -0.1) is 0 Å². The highest BCUT2D eigenvalue weighted by Gasteiger charge is 2.21. The van der Waals surface area contributed by atoms with E-state index in [-0.39, 0.29) is 25.1 Å². The van der Waals surface area contributed by atoms with Crippen LogP contribution in [-0.4, -0.2) is 37.0 Å². The maximum absolute atomic E-state index is 11.5. The first-order valence-electron chi connectivity index (χ1n) is 14.5. The van der Waals surface area contributed by atoms with Gasteiger partial charge in [0.05, 0.1) is 12.7 Å². The third-order valence-electron chi connectivity index (χ3n) is 7.84. The quantitative estimate of drug-likeness (QED) is 0.144. The minimum Gasteiger partial charge on any atom is -0.462 e. The number of carbonyl (C=O) groups is 1. The summed E-state index contributed by atoms with van der Waals surface area (Å²) < 4.78 is 11.3. The Balaban J connectivity index is 1.31. The molecular weight excluding hydrogens is 460 g/mol. The van der Waals surface area contributed by atoms with Gasteiger partial charge in [0, 0.05) is 24.7 Å². The van der Waals surface area contributed by atoms with Gasteiger partial charge in [-0.05, 0) is 98.9 Å². The average Bonchev–Trinajstić information content (AvgIpc) is 2.92. The molecule has 1 saturated carbocycles. The summed E-state index contributed by atoms with van der Waals surface area (Å²) in [6.45, 7) is 8.44. The normalized spacial score (nSPS) is 18.6. The number of rotatable bonds is 16. The first-order chi connectivity index (χ1) is 18.0. The van der Waals surface area contributed by atoms with E-state index in [4.69, 9.17) is 9.47 Å². The molecule has 0 bridgehead atoms. The number of fused-ring (bicyclic) bond motifs is 1. The smallest absolute Gasteiger partial charge is 0.333 e. The summed E-state index contributed by atoms with van der Waals surface area (Å²) in [5.41, 5.74) is 3.31. The van der Waals surface area contributed by atoms with Gasteiger partial charge in [0.15, 0.2) is 0 Å². The molecule has 0 aliphatic heterocycles. The second-order valence-corrected chi connectivity index (χ2v) is 11.1. The lowest BCUT2D eigenvalue weighted by Crippen LogP contribution is -2.23. The molecule has 1 atom stereocenters. The Morgan fingerprint density at radius 1 is 1.00 bits per heavy atom. The number of aliphatic hydroxyl groups is 1. The first kappa shape index (κ1) is 29.4. The molecule has 1 aliphatic rings. The molecular formula is C33H48O4. The molecule has 0 aromatic heterocycles. The molecule has 3 rings (SSSR count). The number of ether oxygens (including phenoxy) is 2. The lowest BCUT2D eigenvalue weighted by Gasteiger charge is -2.28. The van der Waals surface area contributed by atoms with E-state index in [1.54, 1.807) is 6.92 Å². The topological polar surface area (TPSA) is 55.8 Å². The molecule has 2 aromatic carbocycles. The molecule has 1 N–H and O–H groups in total. The maximum atomic E-state index is 11.5. The van der Waals surface area contributed by atoms with Crippen molar-refractivity contribution in [2.24, 2.45) is 11.8 Å². The van der Waals surface area contributed by atoms with Crippen LogP contribution in [0.4, 0.5) is 0 Å². The van der Waals surface area contributed by atoms with Crippen molar-refractivity contribution in [1.82, 2.24) is 0 Å². The van der Waals surface area contributed by atoms with Gasteiger partial charge in [-0.25, -0.2) is 4.79 Å². The molecule has 2 aromatic rings. The molecule has 4 nitrogen and oxygen atoms in total. The first-order valence-corrected chi connectivity index (χ1v) is 14.5. The third-order valence-corrected chi connectivity index (χ3v) is 7.84. The van der Waals surface area contributed by atoms with Crippen LogP contribution in [0.25, 0.3) is 10.8 Å². The van der Waals surface area contributed by atoms with E-state index in [1.807, 2.05) is 0 Å². The van der Waals surface area contributed by atoms with E-state index >= 15 is 0 Å². The number of benzene rings is 2. The minimum absolute atomic E-state index is 0.0197. The monoisotopic (exact) mass is 508 g/mol. The highest BCUT2D eigenvalue weighted by Crippen LogP contribution is 2.30. The second-order valence-electron chi connectivity index (χ2n) is 11.1. The van der Waals surface area contributed by atoms with E-state index in [1.165, 1.54) is 66.8 Å². The van der Waals surface area contributed by atoms with Gasteiger partial charge < -0.3 is 14.6 Å². The van der Waals surface area contributed by atoms with Crippen molar-refractivity contribution in [3.63, 3.8) is 0 Å². The van der Waals surface area contributed by atoms with Gasteiger partial charge >= 0.3 is 5.97 Å². The van der Waals surface area contributed by atoms with Crippen molar-refractivity contribution >= 4 is 16.7 Å². The van der Waals surface area contributed by atoms with Gasteiger partial charge in [0.25, 0.3) is 0 Å². The molecule has 0 heterocycles. The van der Waals surface area contributed by atoms with Crippen LogP contribution in [0, 0.1) is 11.8 Å². The van der Waals surface area contributed by atoms with Crippen molar-refractivity contribution in [2.75, 3.05) is 19.8 Å². The fourth-order valence-corrected chi connectivity index (χ4v) is 5.36. The number of hydrogen-bond acceptors (Lipinski definition) is 4. The standard InChI is InChI=1S/C33H48O4/c1-4-5-6-8-27-12-16-31-22-28(13-17-30(31)21-27)11-10-26-14-18-32(19-15-26)36-20-7-9-29(23-34)24-37-33(35)25(2)3/h12-13,16-17,21-22,26,29,32,34H,2,4-11,14-15,18-20,23-24H2,1,3H3. The van der Waals surface area contributed by atoms with Crippen LogP contribution in [0.2, 0.25) is 0 Å². The second kappa shape index (κ2) is 15.9. The number of esters is 1. The maximum Gasteiger partial charge on any atom is 0.333 e. The fourth-order valence-electron chi connectivity index (χ4n) is 5.36.